The molecule has 1 rings (SSSR count). The Morgan fingerprint density at radius 2 is 0.967 bits per heavy atom. The first kappa shape index (κ1) is 56.6. The van der Waals surface area contributed by atoms with Crippen molar-refractivity contribution >= 4 is 23.3 Å². The number of esters is 2. The van der Waals surface area contributed by atoms with Crippen LogP contribution in [0.2, 0.25) is 0 Å². The fraction of sp³-hybridized carbons (Fsp3) is 0.885. The van der Waals surface area contributed by atoms with E-state index in [9.17, 15) is 19.2 Å². The predicted molar refractivity (Wildman–Crippen MR) is 260 cm³/mol. The van der Waals surface area contributed by atoms with E-state index in [1.165, 1.54) is 122 Å². The van der Waals surface area contributed by atoms with E-state index in [1.54, 1.807) is 7.05 Å². The van der Waals surface area contributed by atoms with Gasteiger partial charge in [-0.2, -0.15) is 0 Å². The summed E-state index contributed by atoms with van der Waals surface area (Å²) in [5.41, 5.74) is -0.0402. The average Bonchev–Trinajstić information content (AvgIpc) is 3.26. The van der Waals surface area contributed by atoms with E-state index in [4.69, 9.17) is 9.47 Å². The fourth-order valence-electron chi connectivity index (χ4n) is 8.56. The monoisotopic (exact) mass is 860 g/mol. The Hall–Kier alpha value is -2.42. The highest BCUT2D eigenvalue weighted by molar-refractivity contribution is 5.73. The summed E-state index contributed by atoms with van der Waals surface area (Å²) in [6.45, 7) is 13.2. The lowest BCUT2D eigenvalue weighted by Crippen LogP contribution is -2.37. The maximum atomic E-state index is 12.9. The van der Waals surface area contributed by atoms with Crippen LogP contribution in [0, 0.1) is 5.92 Å². The molecule has 61 heavy (non-hydrogen) atoms. The quantitative estimate of drug-likeness (QED) is 0.0376. The molecule has 1 aromatic rings. The molecular formula is C52H97N3O6. The first-order valence-corrected chi connectivity index (χ1v) is 26.1. The lowest BCUT2D eigenvalue weighted by atomic mass is 9.93. The zero-order chi connectivity index (χ0) is 44.6. The summed E-state index contributed by atoms with van der Waals surface area (Å²) < 4.78 is 11.7. The molecular weight excluding hydrogens is 763 g/mol. The number of carbonyl (C=O) groups excluding carboxylic acids is 2. The van der Waals surface area contributed by atoms with Crippen LogP contribution in [0.5, 0.6) is 0 Å². The van der Waals surface area contributed by atoms with Crippen molar-refractivity contribution in [2.45, 2.75) is 252 Å². The Labute approximate surface area is 375 Å². The third-order valence-corrected chi connectivity index (χ3v) is 12.5. The zero-order valence-corrected chi connectivity index (χ0v) is 40.6. The van der Waals surface area contributed by atoms with Gasteiger partial charge in [0.05, 0.1) is 6.61 Å². The number of nitrogens with one attached hydrogen (secondary N) is 2. The Morgan fingerprint density at radius 1 is 0.508 bits per heavy atom. The van der Waals surface area contributed by atoms with E-state index in [2.05, 4.69) is 43.2 Å². The topological polar surface area (TPSA) is 114 Å². The molecule has 356 valence electrons. The summed E-state index contributed by atoms with van der Waals surface area (Å²) >= 11 is 0. The Bertz CT molecular complexity index is 1220. The van der Waals surface area contributed by atoms with Crippen LogP contribution in [0.15, 0.2) is 9.59 Å². The summed E-state index contributed by atoms with van der Waals surface area (Å²) in [5, 5.41) is 6.03. The smallest absolute Gasteiger partial charge is 0.306 e. The number of hydrogen-bond donors (Lipinski definition) is 2. The first-order valence-electron chi connectivity index (χ1n) is 26.1. The minimum absolute atomic E-state index is 0.000206. The van der Waals surface area contributed by atoms with Gasteiger partial charge in [-0.05, 0) is 96.2 Å². The molecule has 1 aromatic carbocycles. The second-order valence-corrected chi connectivity index (χ2v) is 18.2. The van der Waals surface area contributed by atoms with Gasteiger partial charge in [0.2, 0.25) is 0 Å². The van der Waals surface area contributed by atoms with E-state index >= 15 is 0 Å². The summed E-state index contributed by atoms with van der Waals surface area (Å²) in [4.78, 5) is 51.6. The van der Waals surface area contributed by atoms with Crippen molar-refractivity contribution < 1.29 is 19.1 Å². The second kappa shape index (κ2) is 40.4. The summed E-state index contributed by atoms with van der Waals surface area (Å²) in [6, 6.07) is 0. The predicted octanol–water partition coefficient (Wildman–Crippen LogP) is 13.5. The van der Waals surface area contributed by atoms with E-state index in [1.807, 2.05) is 0 Å². The molecule has 2 N–H and O–H groups in total. The lowest BCUT2D eigenvalue weighted by Gasteiger charge is -2.23. The molecule has 0 bridgehead atoms. The fourth-order valence-corrected chi connectivity index (χ4v) is 8.56. The Kier molecular flexibility index (Phi) is 37.4. The molecule has 0 aliphatic heterocycles. The normalized spacial score (nSPS) is 11.7. The zero-order valence-electron chi connectivity index (χ0n) is 40.6. The van der Waals surface area contributed by atoms with Crippen molar-refractivity contribution in [3.8, 4) is 0 Å². The molecule has 0 unspecified atom stereocenters. The molecule has 0 saturated carbocycles. The highest BCUT2D eigenvalue weighted by Crippen LogP contribution is 2.21. The van der Waals surface area contributed by atoms with Crippen LogP contribution in [-0.2, 0) is 19.1 Å². The van der Waals surface area contributed by atoms with Gasteiger partial charge in [-0.3, -0.25) is 19.2 Å². The van der Waals surface area contributed by atoms with Crippen molar-refractivity contribution in [3.63, 3.8) is 0 Å². The second-order valence-electron chi connectivity index (χ2n) is 18.2. The number of nitrogens with zero attached hydrogens (tertiary/aromatic N) is 1. The SMILES string of the molecule is CCCCCCCCC(CCCCCCCC)OC(=O)CCCCCCCN(CCCCCCCCOC(=O)CC(CCCC)CCCC)CCCNc1c(NC)c(=O)c1=O. The molecule has 0 amide bonds. The van der Waals surface area contributed by atoms with Crippen LogP contribution < -0.4 is 21.5 Å². The van der Waals surface area contributed by atoms with Crippen LogP contribution >= 0.6 is 0 Å². The Balaban J connectivity index is 2.40. The molecule has 0 spiro atoms. The molecule has 0 aliphatic rings. The van der Waals surface area contributed by atoms with Crippen molar-refractivity contribution in [2.24, 2.45) is 5.92 Å². The maximum absolute atomic E-state index is 12.9. The standard InChI is InChI=1S/C52H97N3O6/c1-6-10-14-16-21-27-36-46(37-28-22-17-15-11-7-2)61-47(56)38-29-23-20-25-31-41-55(42-33-39-54-50-49(53-5)51(58)52(50)59)40-30-24-18-19-26-32-43-60-48(57)44-45(34-12-8-3)35-13-9-4/h45-46,53-54H,6-44H2,1-5H3. The molecule has 0 saturated heterocycles. The highest BCUT2D eigenvalue weighted by Gasteiger charge is 2.19. The van der Waals surface area contributed by atoms with Crippen LogP contribution in [0.25, 0.3) is 0 Å². The molecule has 9 heteroatoms. The van der Waals surface area contributed by atoms with E-state index in [0.29, 0.717) is 43.3 Å². The highest BCUT2D eigenvalue weighted by atomic mass is 16.5. The third kappa shape index (κ3) is 30.3. The van der Waals surface area contributed by atoms with Crippen LogP contribution in [0.1, 0.15) is 246 Å². The van der Waals surface area contributed by atoms with Gasteiger partial charge in [-0.25, -0.2) is 0 Å². The summed E-state index contributed by atoms with van der Waals surface area (Å²) in [5.74, 6) is 0.462. The number of rotatable bonds is 46. The molecule has 0 aliphatic carbocycles. The molecule has 0 atom stereocenters. The molecule has 9 nitrogen and oxygen atoms in total. The number of carbonyl (C=O) groups is 2. The number of anilines is 2. The van der Waals surface area contributed by atoms with E-state index in [-0.39, 0.29) is 18.0 Å². The van der Waals surface area contributed by atoms with Crippen LogP contribution in [0.3, 0.4) is 0 Å². The molecule has 0 radical (unpaired) electrons. The van der Waals surface area contributed by atoms with Crippen LogP contribution in [-0.4, -0.2) is 62.8 Å². The minimum Gasteiger partial charge on any atom is -0.466 e. The summed E-state index contributed by atoms with van der Waals surface area (Å²) in [7, 11) is 1.68. The van der Waals surface area contributed by atoms with Gasteiger partial charge < -0.3 is 25.0 Å². The average molecular weight is 860 g/mol. The van der Waals surface area contributed by atoms with Gasteiger partial charge >= 0.3 is 11.9 Å². The van der Waals surface area contributed by atoms with Gasteiger partial charge in [0.15, 0.2) is 0 Å². The Morgan fingerprint density at radius 3 is 1.51 bits per heavy atom. The largest absolute Gasteiger partial charge is 0.466 e. The van der Waals surface area contributed by atoms with E-state index < -0.39 is 10.9 Å². The van der Waals surface area contributed by atoms with Gasteiger partial charge in [0, 0.05) is 26.4 Å². The minimum atomic E-state index is -0.436. The van der Waals surface area contributed by atoms with Crippen molar-refractivity contribution in [1.82, 2.24) is 4.90 Å². The molecule has 0 heterocycles. The van der Waals surface area contributed by atoms with Crippen molar-refractivity contribution in [3.05, 3.63) is 20.4 Å². The lowest BCUT2D eigenvalue weighted by molar-refractivity contribution is -0.150. The molecule has 0 aromatic heterocycles. The van der Waals surface area contributed by atoms with Gasteiger partial charge in [0.1, 0.15) is 17.5 Å². The summed E-state index contributed by atoms with van der Waals surface area (Å²) in [6.07, 6.45) is 38.5. The maximum Gasteiger partial charge on any atom is 0.306 e. The number of hydrogen-bond acceptors (Lipinski definition) is 9. The van der Waals surface area contributed by atoms with E-state index in [0.717, 1.165) is 103 Å². The molecule has 0 fully saturated rings. The van der Waals surface area contributed by atoms with Crippen LogP contribution in [0.4, 0.5) is 11.4 Å². The van der Waals surface area contributed by atoms with Crippen molar-refractivity contribution in [1.29, 1.82) is 0 Å². The number of ether oxygens (including phenoxy) is 2. The number of unbranched alkanes of at least 4 members (excludes halogenated alkanes) is 21. The first-order chi connectivity index (χ1) is 29.8. The van der Waals surface area contributed by atoms with Crippen molar-refractivity contribution in [2.75, 3.05) is 50.5 Å². The third-order valence-electron chi connectivity index (χ3n) is 12.5. The van der Waals surface area contributed by atoms with Gasteiger partial charge in [-0.1, -0.05) is 163 Å². The van der Waals surface area contributed by atoms with Gasteiger partial charge in [-0.15, -0.1) is 0 Å². The van der Waals surface area contributed by atoms with Gasteiger partial charge in [0.25, 0.3) is 10.9 Å².